The van der Waals surface area contributed by atoms with Gasteiger partial charge in [0, 0.05) is 25.6 Å². The predicted molar refractivity (Wildman–Crippen MR) is 106 cm³/mol. The van der Waals surface area contributed by atoms with Crippen molar-refractivity contribution in [3.05, 3.63) is 63.7 Å². The van der Waals surface area contributed by atoms with Crippen LogP contribution in [0.4, 0.5) is 5.69 Å². The molecule has 0 bridgehead atoms. The summed E-state index contributed by atoms with van der Waals surface area (Å²) < 4.78 is 0. The maximum absolute atomic E-state index is 12.8. The van der Waals surface area contributed by atoms with Crippen molar-refractivity contribution in [1.82, 2.24) is 4.90 Å². The van der Waals surface area contributed by atoms with Gasteiger partial charge in [0.2, 0.25) is 0 Å². The molecular formula is C22H28N2O. The van der Waals surface area contributed by atoms with Gasteiger partial charge >= 0.3 is 0 Å². The molecule has 0 spiro atoms. The smallest absolute Gasteiger partial charge is 0.167 e. The standard InChI is InChI=1S/C22H28N2O/c1-7-24(6)14-23-21-12-17(4)20(11-18(21)5)22(25)13-19-9-8-15(2)10-16(19)3/h8-12,14H,7,13H2,1-6H3. The maximum Gasteiger partial charge on any atom is 0.167 e. The second-order valence-electron chi connectivity index (χ2n) is 6.80. The average Bonchev–Trinajstić information content (AvgIpc) is 2.57. The van der Waals surface area contributed by atoms with E-state index in [1.54, 1.807) is 0 Å². The largest absolute Gasteiger partial charge is 0.366 e. The highest BCUT2D eigenvalue weighted by Crippen LogP contribution is 2.25. The van der Waals surface area contributed by atoms with Gasteiger partial charge in [-0.25, -0.2) is 4.99 Å². The van der Waals surface area contributed by atoms with Gasteiger partial charge < -0.3 is 4.90 Å². The van der Waals surface area contributed by atoms with Gasteiger partial charge in [0.15, 0.2) is 5.78 Å². The van der Waals surface area contributed by atoms with Gasteiger partial charge in [-0.15, -0.1) is 0 Å². The van der Waals surface area contributed by atoms with E-state index in [2.05, 4.69) is 44.0 Å². The molecule has 0 atom stereocenters. The Kier molecular flexibility index (Phi) is 6.13. The first-order valence-corrected chi connectivity index (χ1v) is 8.76. The van der Waals surface area contributed by atoms with E-state index in [1.165, 1.54) is 11.1 Å². The van der Waals surface area contributed by atoms with Crippen LogP contribution in [0, 0.1) is 27.7 Å². The number of carbonyl (C=O) groups is 1. The maximum atomic E-state index is 12.8. The minimum Gasteiger partial charge on any atom is -0.366 e. The second-order valence-corrected chi connectivity index (χ2v) is 6.80. The van der Waals surface area contributed by atoms with Crippen LogP contribution in [0.5, 0.6) is 0 Å². The molecule has 3 nitrogen and oxygen atoms in total. The van der Waals surface area contributed by atoms with Crippen LogP contribution < -0.4 is 0 Å². The summed E-state index contributed by atoms with van der Waals surface area (Å²) in [5, 5.41) is 0. The van der Waals surface area contributed by atoms with Crippen LogP contribution in [0.15, 0.2) is 35.3 Å². The minimum atomic E-state index is 0.161. The van der Waals surface area contributed by atoms with Crippen LogP contribution in [0.25, 0.3) is 0 Å². The van der Waals surface area contributed by atoms with E-state index in [-0.39, 0.29) is 5.78 Å². The first-order valence-electron chi connectivity index (χ1n) is 8.76. The van der Waals surface area contributed by atoms with Crippen molar-refractivity contribution >= 4 is 17.8 Å². The van der Waals surface area contributed by atoms with Gasteiger partial charge in [0.05, 0.1) is 12.0 Å². The number of rotatable bonds is 6. The quantitative estimate of drug-likeness (QED) is 0.424. The third kappa shape index (κ3) is 4.79. The van der Waals surface area contributed by atoms with Crippen molar-refractivity contribution in [2.75, 3.05) is 13.6 Å². The van der Waals surface area contributed by atoms with Crippen molar-refractivity contribution in [2.24, 2.45) is 4.99 Å². The highest BCUT2D eigenvalue weighted by molar-refractivity contribution is 5.99. The molecule has 25 heavy (non-hydrogen) atoms. The molecule has 2 aromatic rings. The molecule has 0 radical (unpaired) electrons. The Morgan fingerprint density at radius 2 is 1.76 bits per heavy atom. The van der Waals surface area contributed by atoms with E-state index in [0.29, 0.717) is 6.42 Å². The molecule has 132 valence electrons. The summed E-state index contributed by atoms with van der Waals surface area (Å²) in [5.41, 5.74) is 7.20. The minimum absolute atomic E-state index is 0.161. The summed E-state index contributed by atoms with van der Waals surface area (Å²) in [4.78, 5) is 19.4. The Balaban J connectivity index is 2.25. The van der Waals surface area contributed by atoms with Crippen LogP contribution >= 0.6 is 0 Å². The van der Waals surface area contributed by atoms with Gasteiger partial charge in [0.25, 0.3) is 0 Å². The zero-order valence-corrected chi connectivity index (χ0v) is 16.2. The Morgan fingerprint density at radius 1 is 1.04 bits per heavy atom. The molecular weight excluding hydrogens is 308 g/mol. The molecule has 0 aromatic heterocycles. The normalized spacial score (nSPS) is 11.1. The van der Waals surface area contributed by atoms with Crippen LogP contribution in [0.1, 0.15) is 45.1 Å². The summed E-state index contributed by atoms with van der Waals surface area (Å²) in [6.07, 6.45) is 2.27. The highest BCUT2D eigenvalue weighted by Gasteiger charge is 2.13. The lowest BCUT2D eigenvalue weighted by Crippen LogP contribution is -2.14. The number of hydrogen-bond acceptors (Lipinski definition) is 2. The lowest BCUT2D eigenvalue weighted by molar-refractivity contribution is 0.0992. The summed E-state index contributed by atoms with van der Waals surface area (Å²) >= 11 is 0. The molecule has 0 aliphatic heterocycles. The number of Topliss-reactive ketones (excluding diaryl/α,β-unsaturated/α-hetero) is 1. The summed E-state index contributed by atoms with van der Waals surface area (Å²) in [6.45, 7) is 11.1. The van der Waals surface area contributed by atoms with Crippen LogP contribution in [-0.2, 0) is 6.42 Å². The van der Waals surface area contributed by atoms with Gasteiger partial charge in [0.1, 0.15) is 0 Å². The first-order chi connectivity index (χ1) is 11.8. The molecule has 2 rings (SSSR count). The number of nitrogens with zero attached hydrogens (tertiary/aromatic N) is 2. The molecule has 0 saturated heterocycles. The highest BCUT2D eigenvalue weighted by atomic mass is 16.1. The van der Waals surface area contributed by atoms with Crippen molar-refractivity contribution in [3.8, 4) is 0 Å². The zero-order valence-electron chi connectivity index (χ0n) is 16.2. The third-order valence-corrected chi connectivity index (χ3v) is 4.59. The second kappa shape index (κ2) is 8.11. The van der Waals surface area contributed by atoms with E-state index in [9.17, 15) is 4.79 Å². The molecule has 3 heteroatoms. The van der Waals surface area contributed by atoms with E-state index >= 15 is 0 Å². The Bertz CT molecular complexity index is 806. The number of hydrogen-bond donors (Lipinski definition) is 0. The van der Waals surface area contributed by atoms with Gasteiger partial charge in [-0.3, -0.25) is 4.79 Å². The van der Waals surface area contributed by atoms with E-state index in [1.807, 2.05) is 44.3 Å². The molecule has 0 amide bonds. The molecule has 0 heterocycles. The van der Waals surface area contributed by atoms with Gasteiger partial charge in [-0.1, -0.05) is 23.8 Å². The SMILES string of the molecule is CCN(C)C=Nc1cc(C)c(C(=O)Cc2ccc(C)cc2C)cc1C. The topological polar surface area (TPSA) is 32.7 Å². The lowest BCUT2D eigenvalue weighted by atomic mass is 9.94. The first kappa shape index (κ1) is 18.9. The average molecular weight is 336 g/mol. The van der Waals surface area contributed by atoms with E-state index in [4.69, 9.17) is 0 Å². The monoisotopic (exact) mass is 336 g/mol. The molecule has 0 fully saturated rings. The van der Waals surface area contributed by atoms with E-state index < -0.39 is 0 Å². The number of aryl methyl sites for hydroxylation is 4. The molecule has 0 saturated carbocycles. The van der Waals surface area contributed by atoms with Crippen molar-refractivity contribution in [1.29, 1.82) is 0 Å². The van der Waals surface area contributed by atoms with Crippen molar-refractivity contribution in [3.63, 3.8) is 0 Å². The molecule has 2 aromatic carbocycles. The third-order valence-electron chi connectivity index (χ3n) is 4.59. The molecule has 0 unspecified atom stereocenters. The Hall–Kier alpha value is -2.42. The number of ketones is 1. The Morgan fingerprint density at radius 3 is 2.40 bits per heavy atom. The fraction of sp³-hybridized carbons (Fsp3) is 0.364. The predicted octanol–water partition coefficient (Wildman–Crippen LogP) is 4.96. The van der Waals surface area contributed by atoms with Gasteiger partial charge in [-0.05, 0) is 69.0 Å². The van der Waals surface area contributed by atoms with Crippen LogP contribution in [0.2, 0.25) is 0 Å². The van der Waals surface area contributed by atoms with E-state index in [0.717, 1.165) is 34.5 Å². The van der Waals surface area contributed by atoms with Crippen LogP contribution in [-0.4, -0.2) is 30.6 Å². The lowest BCUT2D eigenvalue weighted by Gasteiger charge is -2.12. The zero-order chi connectivity index (χ0) is 18.6. The molecule has 0 N–H and O–H groups in total. The van der Waals surface area contributed by atoms with Gasteiger partial charge in [-0.2, -0.15) is 0 Å². The van der Waals surface area contributed by atoms with Crippen molar-refractivity contribution < 1.29 is 4.79 Å². The summed E-state index contributed by atoms with van der Waals surface area (Å²) in [6, 6.07) is 10.2. The summed E-state index contributed by atoms with van der Waals surface area (Å²) in [5.74, 6) is 0.161. The number of carbonyl (C=O) groups excluding carboxylic acids is 1. The number of benzene rings is 2. The van der Waals surface area contributed by atoms with Crippen molar-refractivity contribution in [2.45, 2.75) is 41.0 Å². The fourth-order valence-electron chi connectivity index (χ4n) is 2.80. The fourth-order valence-corrected chi connectivity index (χ4v) is 2.80. The Labute approximate surface area is 151 Å². The number of aliphatic imine (C=N–C) groups is 1. The molecule has 0 aliphatic carbocycles. The van der Waals surface area contributed by atoms with Crippen LogP contribution in [0.3, 0.4) is 0 Å². The summed E-state index contributed by atoms with van der Waals surface area (Å²) in [7, 11) is 1.99. The molecule has 0 aliphatic rings.